The van der Waals surface area contributed by atoms with Gasteiger partial charge in [0, 0.05) is 13.2 Å². The molecule has 0 saturated heterocycles. The number of carbonyl (C=O) groups is 2. The molecule has 0 heterocycles. The highest BCUT2D eigenvalue weighted by Crippen LogP contribution is 2.18. The van der Waals surface area contributed by atoms with Crippen molar-refractivity contribution in [3.8, 4) is 0 Å². The maximum Gasteiger partial charge on any atom is 0.341 e. The molecule has 0 fully saturated rings. The molecule has 0 bridgehead atoms. The Balaban J connectivity index is 3.01. The highest BCUT2D eigenvalue weighted by molar-refractivity contribution is 6.03. The standard InChI is InChI=1S/C26H42O8/c1-7-15-29-19(5)25(31-17-9-3)33-23(27)21-13-11-12-14-22(21)24(28)34-26(32-18-10-4)20(6)30-16-8-2/h11-14,19-20,25-26H,7-10,15-18H2,1-6H3. The third-order valence-corrected chi connectivity index (χ3v) is 4.72. The first-order chi connectivity index (χ1) is 16.4. The second-order valence-corrected chi connectivity index (χ2v) is 7.99. The minimum atomic E-state index is -0.897. The van der Waals surface area contributed by atoms with E-state index in [1.54, 1.807) is 26.0 Å². The molecule has 0 aliphatic heterocycles. The number of rotatable bonds is 18. The summed E-state index contributed by atoms with van der Waals surface area (Å²) in [6.07, 6.45) is 0.460. The molecule has 0 aliphatic carbocycles. The second kappa shape index (κ2) is 17.4. The normalized spacial score (nSPS) is 14.8. The molecule has 4 unspecified atom stereocenters. The first-order valence-electron chi connectivity index (χ1n) is 12.4. The quantitative estimate of drug-likeness (QED) is 0.210. The Bertz CT molecular complexity index is 649. The van der Waals surface area contributed by atoms with Gasteiger partial charge in [-0.3, -0.25) is 0 Å². The highest BCUT2D eigenvalue weighted by Gasteiger charge is 2.29. The van der Waals surface area contributed by atoms with Crippen molar-refractivity contribution < 1.29 is 38.0 Å². The lowest BCUT2D eigenvalue weighted by atomic mass is 10.1. The smallest absolute Gasteiger partial charge is 0.341 e. The lowest BCUT2D eigenvalue weighted by molar-refractivity contribution is -0.176. The van der Waals surface area contributed by atoms with Gasteiger partial charge in [0.05, 0.1) is 24.3 Å². The molecule has 0 aliphatic rings. The number of hydrogen-bond acceptors (Lipinski definition) is 8. The molecule has 1 aromatic carbocycles. The molecule has 0 N–H and O–H groups in total. The van der Waals surface area contributed by atoms with E-state index in [4.69, 9.17) is 28.4 Å². The van der Waals surface area contributed by atoms with Gasteiger partial charge in [-0.05, 0) is 51.7 Å². The summed E-state index contributed by atoms with van der Waals surface area (Å²) in [6.45, 7) is 13.3. The van der Waals surface area contributed by atoms with Crippen LogP contribution in [0.4, 0.5) is 0 Å². The number of benzene rings is 1. The molecule has 0 radical (unpaired) electrons. The summed E-state index contributed by atoms with van der Waals surface area (Å²) in [4.78, 5) is 26.1. The fraction of sp³-hybridized carbons (Fsp3) is 0.692. The summed E-state index contributed by atoms with van der Waals surface area (Å²) in [5.41, 5.74) is 0.160. The number of ether oxygens (including phenoxy) is 6. The summed E-state index contributed by atoms with van der Waals surface area (Å²) < 4.78 is 34.0. The largest absolute Gasteiger partial charge is 0.429 e. The number of carbonyl (C=O) groups excluding carboxylic acids is 2. The Morgan fingerprint density at radius 3 is 1.26 bits per heavy atom. The zero-order chi connectivity index (χ0) is 25.3. The summed E-state index contributed by atoms with van der Waals surface area (Å²) in [5.74, 6) is -1.39. The molecule has 1 aromatic rings. The first kappa shape index (κ1) is 30.0. The SMILES string of the molecule is CCCOC(C)C(OCCC)OC(=O)c1ccccc1C(=O)OC(OCCC)C(C)OCCC. The Morgan fingerprint density at radius 1 is 0.618 bits per heavy atom. The predicted octanol–water partition coefficient (Wildman–Crippen LogP) is 5.14. The van der Waals surface area contributed by atoms with Crippen LogP contribution < -0.4 is 0 Å². The zero-order valence-corrected chi connectivity index (χ0v) is 21.5. The minimum Gasteiger partial charge on any atom is -0.429 e. The van der Waals surface area contributed by atoms with Crippen LogP contribution in [0.3, 0.4) is 0 Å². The molecule has 0 amide bonds. The lowest BCUT2D eigenvalue weighted by Gasteiger charge is -2.25. The second-order valence-electron chi connectivity index (χ2n) is 7.99. The van der Waals surface area contributed by atoms with Crippen molar-refractivity contribution in [1.82, 2.24) is 0 Å². The summed E-state index contributed by atoms with van der Waals surface area (Å²) in [6, 6.07) is 6.35. The van der Waals surface area contributed by atoms with Gasteiger partial charge in [-0.1, -0.05) is 39.8 Å². The van der Waals surface area contributed by atoms with Gasteiger partial charge in [0.25, 0.3) is 0 Å². The van der Waals surface area contributed by atoms with E-state index in [1.165, 1.54) is 12.1 Å². The maximum atomic E-state index is 13.0. The molecule has 1 rings (SSSR count). The Kier molecular flexibility index (Phi) is 15.4. The molecule has 4 atom stereocenters. The third-order valence-electron chi connectivity index (χ3n) is 4.72. The van der Waals surface area contributed by atoms with Crippen molar-refractivity contribution in [3.63, 3.8) is 0 Å². The predicted molar refractivity (Wildman–Crippen MR) is 129 cm³/mol. The molecule has 0 aromatic heterocycles. The monoisotopic (exact) mass is 482 g/mol. The first-order valence-corrected chi connectivity index (χ1v) is 12.4. The average molecular weight is 483 g/mol. The minimum absolute atomic E-state index is 0.0802. The van der Waals surface area contributed by atoms with E-state index in [2.05, 4.69) is 0 Å². The van der Waals surface area contributed by atoms with Crippen molar-refractivity contribution in [2.75, 3.05) is 26.4 Å². The van der Waals surface area contributed by atoms with Gasteiger partial charge in [0.2, 0.25) is 12.6 Å². The van der Waals surface area contributed by atoms with Crippen LogP contribution in [0.15, 0.2) is 24.3 Å². The Morgan fingerprint density at radius 2 is 0.941 bits per heavy atom. The van der Waals surface area contributed by atoms with Gasteiger partial charge in [-0.2, -0.15) is 0 Å². The van der Waals surface area contributed by atoms with E-state index >= 15 is 0 Å². The van der Waals surface area contributed by atoms with Crippen LogP contribution in [0.5, 0.6) is 0 Å². The summed E-state index contributed by atoms with van der Waals surface area (Å²) in [7, 11) is 0. The fourth-order valence-corrected chi connectivity index (χ4v) is 2.94. The molecule has 0 saturated carbocycles. The van der Waals surface area contributed by atoms with Crippen LogP contribution >= 0.6 is 0 Å². The molecule has 34 heavy (non-hydrogen) atoms. The van der Waals surface area contributed by atoms with Crippen molar-refractivity contribution in [2.24, 2.45) is 0 Å². The highest BCUT2D eigenvalue weighted by atomic mass is 16.7. The topological polar surface area (TPSA) is 89.5 Å². The molecule has 194 valence electrons. The van der Waals surface area contributed by atoms with Gasteiger partial charge in [-0.15, -0.1) is 0 Å². The van der Waals surface area contributed by atoms with Gasteiger partial charge in [0.15, 0.2) is 0 Å². The van der Waals surface area contributed by atoms with E-state index in [0.29, 0.717) is 26.4 Å². The molecular weight excluding hydrogens is 440 g/mol. The lowest BCUT2D eigenvalue weighted by Crippen LogP contribution is -2.36. The maximum absolute atomic E-state index is 13.0. The van der Waals surface area contributed by atoms with E-state index < -0.39 is 36.7 Å². The number of esters is 2. The van der Waals surface area contributed by atoms with Crippen LogP contribution in [0.25, 0.3) is 0 Å². The van der Waals surface area contributed by atoms with E-state index in [9.17, 15) is 9.59 Å². The van der Waals surface area contributed by atoms with Crippen molar-refractivity contribution in [3.05, 3.63) is 35.4 Å². The van der Waals surface area contributed by atoms with Crippen molar-refractivity contribution in [1.29, 1.82) is 0 Å². The van der Waals surface area contributed by atoms with Gasteiger partial charge >= 0.3 is 11.9 Å². The van der Waals surface area contributed by atoms with Gasteiger partial charge in [0.1, 0.15) is 12.2 Å². The summed E-state index contributed by atoms with van der Waals surface area (Å²) >= 11 is 0. The Hall–Kier alpha value is -2.00. The molecule has 8 heteroatoms. The van der Waals surface area contributed by atoms with Crippen molar-refractivity contribution in [2.45, 2.75) is 92.0 Å². The third kappa shape index (κ3) is 10.5. The Labute approximate surface area is 204 Å². The van der Waals surface area contributed by atoms with Crippen LogP contribution in [0, 0.1) is 0 Å². The fourth-order valence-electron chi connectivity index (χ4n) is 2.94. The van der Waals surface area contributed by atoms with Gasteiger partial charge < -0.3 is 28.4 Å². The van der Waals surface area contributed by atoms with Gasteiger partial charge in [-0.25, -0.2) is 9.59 Å². The molecule has 0 spiro atoms. The van der Waals surface area contributed by atoms with Crippen LogP contribution in [0.2, 0.25) is 0 Å². The molecule has 8 nitrogen and oxygen atoms in total. The van der Waals surface area contributed by atoms with Crippen molar-refractivity contribution >= 4 is 11.9 Å². The number of hydrogen-bond donors (Lipinski definition) is 0. The summed E-state index contributed by atoms with van der Waals surface area (Å²) in [5, 5.41) is 0. The van der Waals surface area contributed by atoms with E-state index in [0.717, 1.165) is 25.7 Å². The zero-order valence-electron chi connectivity index (χ0n) is 21.5. The molecular formula is C26H42O8. The van der Waals surface area contributed by atoms with Crippen LogP contribution in [0.1, 0.15) is 87.9 Å². The van der Waals surface area contributed by atoms with Crippen LogP contribution in [-0.2, 0) is 28.4 Å². The van der Waals surface area contributed by atoms with Crippen LogP contribution in [-0.4, -0.2) is 63.2 Å². The van der Waals surface area contributed by atoms with E-state index in [-0.39, 0.29) is 11.1 Å². The average Bonchev–Trinajstić information content (AvgIpc) is 2.85. The van der Waals surface area contributed by atoms with E-state index in [1.807, 2.05) is 27.7 Å².